The fourth-order valence-corrected chi connectivity index (χ4v) is 3.47. The first kappa shape index (κ1) is 15.6. The van der Waals surface area contributed by atoms with Gasteiger partial charge in [-0.15, -0.1) is 0 Å². The minimum atomic E-state index is -0.328. The molecule has 2 aliphatic carbocycles. The highest BCUT2D eigenvalue weighted by atomic mass is 16.5. The summed E-state index contributed by atoms with van der Waals surface area (Å²) in [7, 11) is 0. The monoisotopic (exact) mass is 328 g/mol. The molecule has 2 N–H and O–H groups in total. The van der Waals surface area contributed by atoms with Gasteiger partial charge in [-0.1, -0.05) is 12.1 Å². The Bertz CT molecular complexity index is 698. The lowest BCUT2D eigenvalue weighted by Crippen LogP contribution is -2.21. The summed E-state index contributed by atoms with van der Waals surface area (Å²) in [5.41, 5.74) is 2.13. The normalized spacial score (nSPS) is 26.7. The van der Waals surface area contributed by atoms with Gasteiger partial charge in [0.25, 0.3) is 0 Å². The molecule has 2 fully saturated rings. The first-order chi connectivity index (χ1) is 11.7. The van der Waals surface area contributed by atoms with Crippen LogP contribution in [0.1, 0.15) is 61.9 Å². The summed E-state index contributed by atoms with van der Waals surface area (Å²) in [6.07, 6.45) is 6.35. The van der Waals surface area contributed by atoms with Crippen molar-refractivity contribution < 1.29 is 9.63 Å². The van der Waals surface area contributed by atoms with Crippen molar-refractivity contribution in [2.24, 2.45) is 5.92 Å². The van der Waals surface area contributed by atoms with E-state index in [1.165, 1.54) is 12.8 Å². The second-order valence-corrected chi connectivity index (χ2v) is 7.03. The van der Waals surface area contributed by atoms with Gasteiger partial charge in [0.15, 0.2) is 5.82 Å². The van der Waals surface area contributed by atoms with E-state index in [1.807, 2.05) is 12.3 Å². The molecule has 2 aliphatic rings. The average molecular weight is 328 g/mol. The Kier molecular flexibility index (Phi) is 4.22. The molecule has 3 atom stereocenters. The van der Waals surface area contributed by atoms with E-state index in [2.05, 4.69) is 33.4 Å². The van der Waals surface area contributed by atoms with Crippen molar-refractivity contribution >= 4 is 5.69 Å². The van der Waals surface area contributed by atoms with Gasteiger partial charge in [-0.05, 0) is 44.2 Å². The molecule has 2 aromatic rings. The first-order valence-corrected chi connectivity index (χ1v) is 8.93. The summed E-state index contributed by atoms with van der Waals surface area (Å²) in [4.78, 5) is 8.86. The number of rotatable bonds is 6. The fraction of sp³-hybridized carbons (Fsp3) is 0.611. The predicted molar refractivity (Wildman–Crippen MR) is 89.8 cm³/mol. The van der Waals surface area contributed by atoms with E-state index in [0.29, 0.717) is 18.2 Å². The summed E-state index contributed by atoms with van der Waals surface area (Å²) in [6.45, 7) is 2.84. The molecule has 6 heteroatoms. The van der Waals surface area contributed by atoms with Crippen molar-refractivity contribution in [2.75, 3.05) is 11.9 Å². The highest BCUT2D eigenvalue weighted by molar-refractivity contribution is 5.43. The Labute approximate surface area is 141 Å². The number of aryl methyl sites for hydroxylation is 1. The van der Waals surface area contributed by atoms with Crippen molar-refractivity contribution in [1.82, 2.24) is 15.1 Å². The Balaban J connectivity index is 1.35. The smallest absolute Gasteiger partial charge is 0.229 e. The molecule has 0 bridgehead atoms. The zero-order chi connectivity index (χ0) is 16.5. The van der Waals surface area contributed by atoms with Crippen molar-refractivity contribution in [2.45, 2.75) is 57.0 Å². The van der Waals surface area contributed by atoms with E-state index in [0.717, 1.165) is 36.6 Å². The summed E-state index contributed by atoms with van der Waals surface area (Å²) in [5, 5.41) is 17.9. The third kappa shape index (κ3) is 3.29. The van der Waals surface area contributed by atoms with Gasteiger partial charge in [0.2, 0.25) is 5.89 Å². The van der Waals surface area contributed by atoms with Crippen molar-refractivity contribution in [3.8, 4) is 0 Å². The van der Waals surface area contributed by atoms with Crippen LogP contribution in [0.15, 0.2) is 22.9 Å². The maximum absolute atomic E-state index is 10.4. The van der Waals surface area contributed by atoms with Gasteiger partial charge >= 0.3 is 0 Å². The van der Waals surface area contributed by atoms with Crippen LogP contribution in [-0.2, 0) is 6.42 Å². The summed E-state index contributed by atoms with van der Waals surface area (Å²) < 4.78 is 5.44. The number of nitrogens with one attached hydrogen (secondary N) is 1. The molecule has 2 aromatic heterocycles. The maximum atomic E-state index is 10.4. The number of anilines is 1. The van der Waals surface area contributed by atoms with Crippen LogP contribution in [0.3, 0.4) is 0 Å². The van der Waals surface area contributed by atoms with E-state index < -0.39 is 0 Å². The van der Waals surface area contributed by atoms with Crippen molar-refractivity contribution in [1.29, 1.82) is 0 Å². The summed E-state index contributed by atoms with van der Waals surface area (Å²) >= 11 is 0. The molecule has 128 valence electrons. The van der Waals surface area contributed by atoms with Crippen LogP contribution >= 0.6 is 0 Å². The Morgan fingerprint density at radius 1 is 1.29 bits per heavy atom. The van der Waals surface area contributed by atoms with Gasteiger partial charge in [-0.3, -0.25) is 4.98 Å². The van der Waals surface area contributed by atoms with E-state index in [9.17, 15) is 5.11 Å². The fourth-order valence-electron chi connectivity index (χ4n) is 3.47. The van der Waals surface area contributed by atoms with Crippen molar-refractivity contribution in [3.63, 3.8) is 0 Å². The van der Waals surface area contributed by atoms with Gasteiger partial charge < -0.3 is 14.9 Å². The quantitative estimate of drug-likeness (QED) is 0.848. The molecule has 2 saturated carbocycles. The highest BCUT2D eigenvalue weighted by Crippen LogP contribution is 2.41. The van der Waals surface area contributed by atoms with E-state index in [1.54, 1.807) is 0 Å². The van der Waals surface area contributed by atoms with Crippen LogP contribution in [-0.4, -0.2) is 32.9 Å². The lowest BCUT2D eigenvalue weighted by Gasteiger charge is -2.16. The number of hydrogen-bond acceptors (Lipinski definition) is 6. The average Bonchev–Trinajstić information content (AvgIpc) is 3.22. The largest absolute Gasteiger partial charge is 0.393 e. The van der Waals surface area contributed by atoms with Gasteiger partial charge in [0.1, 0.15) is 0 Å². The number of aliphatic hydroxyl groups excluding tert-OH is 1. The molecule has 4 rings (SSSR count). The van der Waals surface area contributed by atoms with Gasteiger partial charge in [0.05, 0.1) is 6.10 Å². The van der Waals surface area contributed by atoms with Crippen molar-refractivity contribution in [3.05, 3.63) is 35.7 Å². The second kappa shape index (κ2) is 6.51. The third-order valence-electron chi connectivity index (χ3n) is 5.15. The van der Waals surface area contributed by atoms with Gasteiger partial charge in [0, 0.05) is 41.9 Å². The molecule has 0 amide bonds. The van der Waals surface area contributed by atoms with E-state index in [4.69, 9.17) is 4.52 Å². The van der Waals surface area contributed by atoms with Crippen LogP contribution in [0.2, 0.25) is 0 Å². The van der Waals surface area contributed by atoms with E-state index in [-0.39, 0.29) is 17.9 Å². The Morgan fingerprint density at radius 3 is 2.96 bits per heavy atom. The standard InChI is InChI=1S/C18H24N4O2/c1-2-14-9-15(5-6-19-14)20-10-13-7-12(8-16(13)23)18-21-17(22-24-18)11-3-4-11/h5-6,9,11-13,16,23H,2-4,7-8,10H2,1H3,(H,19,20)/t12-,13+,16+/m0/s1. The lowest BCUT2D eigenvalue weighted by molar-refractivity contribution is 0.137. The highest BCUT2D eigenvalue weighted by Gasteiger charge is 2.38. The number of pyridine rings is 1. The zero-order valence-corrected chi connectivity index (χ0v) is 14.0. The molecular weight excluding hydrogens is 304 g/mol. The molecule has 0 saturated heterocycles. The van der Waals surface area contributed by atoms with Gasteiger partial charge in [-0.2, -0.15) is 4.98 Å². The van der Waals surface area contributed by atoms with Crippen LogP contribution in [0.25, 0.3) is 0 Å². The topological polar surface area (TPSA) is 84.1 Å². The maximum Gasteiger partial charge on any atom is 0.229 e. The Morgan fingerprint density at radius 2 is 2.17 bits per heavy atom. The lowest BCUT2D eigenvalue weighted by atomic mass is 10.0. The molecule has 2 heterocycles. The van der Waals surface area contributed by atoms with Crippen LogP contribution in [0, 0.1) is 5.92 Å². The molecule has 0 radical (unpaired) electrons. The summed E-state index contributed by atoms with van der Waals surface area (Å²) in [6, 6.07) is 4.04. The number of aliphatic hydroxyl groups is 1. The summed E-state index contributed by atoms with van der Waals surface area (Å²) in [5.74, 6) is 2.44. The predicted octanol–water partition coefficient (Wildman–Crippen LogP) is 2.87. The van der Waals surface area contributed by atoms with Crippen LogP contribution < -0.4 is 5.32 Å². The minimum Gasteiger partial charge on any atom is -0.393 e. The number of nitrogens with zero attached hydrogens (tertiary/aromatic N) is 3. The zero-order valence-electron chi connectivity index (χ0n) is 14.0. The SMILES string of the molecule is CCc1cc(NC[C@H]2C[C@H](c3nc(C4CC4)no3)C[C@H]2O)ccn1. The molecule has 0 aromatic carbocycles. The molecule has 0 unspecified atom stereocenters. The van der Waals surface area contributed by atoms with Crippen LogP contribution in [0.5, 0.6) is 0 Å². The number of hydrogen-bond donors (Lipinski definition) is 2. The third-order valence-corrected chi connectivity index (χ3v) is 5.15. The molecule has 0 spiro atoms. The molecule has 24 heavy (non-hydrogen) atoms. The van der Waals surface area contributed by atoms with E-state index >= 15 is 0 Å². The second-order valence-electron chi connectivity index (χ2n) is 7.03. The molecular formula is C18H24N4O2. The number of aromatic nitrogens is 3. The molecule has 6 nitrogen and oxygen atoms in total. The minimum absolute atomic E-state index is 0.176. The van der Waals surface area contributed by atoms with Gasteiger partial charge in [-0.25, -0.2) is 0 Å². The Hall–Kier alpha value is -1.95. The molecule has 0 aliphatic heterocycles. The van der Waals surface area contributed by atoms with Crippen LogP contribution in [0.4, 0.5) is 5.69 Å². The first-order valence-electron chi connectivity index (χ1n) is 8.93.